The predicted molar refractivity (Wildman–Crippen MR) is 137 cm³/mol. The Kier molecular flexibility index (Phi) is 6.82. The quantitative estimate of drug-likeness (QED) is 0.497. The maximum absolute atomic E-state index is 11.6. The summed E-state index contributed by atoms with van der Waals surface area (Å²) in [7, 11) is -6.95. The summed E-state index contributed by atoms with van der Waals surface area (Å²) >= 11 is 0. The fourth-order valence-electron chi connectivity index (χ4n) is 6.39. The molecule has 1 saturated heterocycles. The Labute approximate surface area is 208 Å². The van der Waals surface area contributed by atoms with Crippen LogP contribution in [0.1, 0.15) is 30.0 Å². The second kappa shape index (κ2) is 9.15. The van der Waals surface area contributed by atoms with Crippen LogP contribution in [0.15, 0.2) is 48.5 Å². The highest BCUT2D eigenvalue weighted by Gasteiger charge is 2.67. The number of hydrogen-bond acceptors (Lipinski definition) is 6. The zero-order valence-corrected chi connectivity index (χ0v) is 21.9. The minimum absolute atomic E-state index is 0.132. The minimum Gasteiger partial charge on any atom is -0.388 e. The van der Waals surface area contributed by atoms with Crippen LogP contribution in [0, 0.1) is 11.8 Å². The highest BCUT2D eigenvalue weighted by atomic mass is 32.2. The van der Waals surface area contributed by atoms with Crippen LogP contribution in [0.4, 0.5) is 5.69 Å². The summed E-state index contributed by atoms with van der Waals surface area (Å²) in [6.45, 7) is 4.96. The molecule has 2 atom stereocenters. The van der Waals surface area contributed by atoms with E-state index in [4.69, 9.17) is 4.55 Å². The van der Waals surface area contributed by atoms with Crippen molar-refractivity contribution in [3.8, 4) is 0 Å². The standard InChI is InChI=1S/C24H30N2O3S.CH4O3S/c1-3-24(19-9-6-10-20(11-19)25-30(2,28)29)21-14-26(15-22(21)24)16-23(27)12-17-7-4-5-8-18(17)13-23;1-5(2,3)4/h4-11,21-22,25,27H,3,12-16H2,1-2H3;1H3,(H,2,3,4). The summed E-state index contributed by atoms with van der Waals surface area (Å²) in [6.07, 6.45) is 4.44. The molecule has 35 heavy (non-hydrogen) atoms. The molecule has 3 N–H and O–H groups in total. The lowest BCUT2D eigenvalue weighted by atomic mass is 9.87. The molecule has 1 aliphatic heterocycles. The molecular formula is C25H34N2O6S2. The third kappa shape index (κ3) is 5.89. The Morgan fingerprint density at radius 1 is 0.971 bits per heavy atom. The minimum atomic E-state index is -3.67. The normalized spacial score (nSPS) is 26.9. The molecule has 1 saturated carbocycles. The van der Waals surface area contributed by atoms with Gasteiger partial charge in [0.25, 0.3) is 10.1 Å². The van der Waals surface area contributed by atoms with E-state index in [1.165, 1.54) is 22.9 Å². The summed E-state index contributed by atoms with van der Waals surface area (Å²) in [5.74, 6) is 1.15. The van der Waals surface area contributed by atoms with Gasteiger partial charge in [-0.05, 0) is 47.1 Å². The van der Waals surface area contributed by atoms with E-state index in [-0.39, 0.29) is 5.41 Å². The van der Waals surface area contributed by atoms with Crippen molar-refractivity contribution in [1.29, 1.82) is 0 Å². The number of β-amino-alcohol motifs (C(OH)–C–C–N with tert-alkyl or cyclic N) is 1. The number of benzene rings is 2. The summed E-state index contributed by atoms with van der Waals surface area (Å²) in [6, 6.07) is 16.3. The fourth-order valence-corrected chi connectivity index (χ4v) is 6.94. The van der Waals surface area contributed by atoms with Crippen molar-refractivity contribution in [3.63, 3.8) is 0 Å². The molecule has 2 aromatic carbocycles. The van der Waals surface area contributed by atoms with Crippen molar-refractivity contribution in [2.45, 2.75) is 37.2 Å². The van der Waals surface area contributed by atoms with Crippen molar-refractivity contribution < 1.29 is 26.5 Å². The van der Waals surface area contributed by atoms with Gasteiger partial charge in [-0.1, -0.05) is 43.3 Å². The van der Waals surface area contributed by atoms with Gasteiger partial charge >= 0.3 is 0 Å². The summed E-state index contributed by atoms with van der Waals surface area (Å²) in [4.78, 5) is 2.44. The summed E-state index contributed by atoms with van der Waals surface area (Å²) < 4.78 is 51.7. The lowest BCUT2D eigenvalue weighted by Gasteiger charge is -2.32. The van der Waals surface area contributed by atoms with Crippen LogP contribution < -0.4 is 4.72 Å². The van der Waals surface area contributed by atoms with E-state index in [0.29, 0.717) is 23.8 Å². The molecule has 2 fully saturated rings. The molecule has 192 valence electrons. The first-order valence-electron chi connectivity index (χ1n) is 11.7. The molecule has 0 bridgehead atoms. The van der Waals surface area contributed by atoms with Crippen LogP contribution >= 0.6 is 0 Å². The molecule has 10 heteroatoms. The zero-order chi connectivity index (χ0) is 25.6. The SMILES string of the molecule is CCC1(c2cccc(NS(C)(=O)=O)c2)C2CN(CC3(O)Cc4ccccc4C3)CC21.CS(=O)(=O)O. The van der Waals surface area contributed by atoms with Crippen LogP contribution in [0.25, 0.3) is 0 Å². The Balaban J connectivity index is 0.000000527. The maximum Gasteiger partial charge on any atom is 0.261 e. The van der Waals surface area contributed by atoms with Gasteiger partial charge in [-0.3, -0.25) is 14.2 Å². The topological polar surface area (TPSA) is 124 Å². The second-order valence-electron chi connectivity index (χ2n) is 10.3. The summed E-state index contributed by atoms with van der Waals surface area (Å²) in [5, 5.41) is 11.2. The number of aliphatic hydroxyl groups is 1. The maximum atomic E-state index is 11.6. The van der Waals surface area contributed by atoms with Crippen molar-refractivity contribution in [2.75, 3.05) is 36.9 Å². The zero-order valence-electron chi connectivity index (χ0n) is 20.3. The van der Waals surface area contributed by atoms with Crippen LogP contribution in [-0.4, -0.2) is 69.1 Å². The van der Waals surface area contributed by atoms with E-state index in [9.17, 15) is 21.9 Å². The van der Waals surface area contributed by atoms with Crippen molar-refractivity contribution >= 4 is 25.8 Å². The van der Waals surface area contributed by atoms with Crippen molar-refractivity contribution in [1.82, 2.24) is 4.90 Å². The molecule has 5 rings (SSSR count). The number of sulfonamides is 1. The van der Waals surface area contributed by atoms with Gasteiger partial charge in [0, 0.05) is 43.6 Å². The highest BCUT2D eigenvalue weighted by Crippen LogP contribution is 2.65. The Hall–Kier alpha value is -1.98. The molecular weight excluding hydrogens is 488 g/mol. The van der Waals surface area contributed by atoms with Gasteiger partial charge in [0.1, 0.15) is 0 Å². The van der Waals surface area contributed by atoms with Gasteiger partial charge in [-0.25, -0.2) is 8.42 Å². The summed E-state index contributed by atoms with van der Waals surface area (Å²) in [5.41, 5.74) is 3.91. The average molecular weight is 523 g/mol. The smallest absolute Gasteiger partial charge is 0.261 e. The third-order valence-corrected chi connectivity index (χ3v) is 8.18. The first kappa shape index (κ1) is 26.1. The first-order valence-corrected chi connectivity index (χ1v) is 15.5. The highest BCUT2D eigenvalue weighted by molar-refractivity contribution is 7.92. The van der Waals surface area contributed by atoms with E-state index in [1.807, 2.05) is 18.2 Å². The molecule has 2 aromatic rings. The van der Waals surface area contributed by atoms with Crippen LogP contribution in [0.2, 0.25) is 0 Å². The Bertz CT molecular complexity index is 1260. The van der Waals surface area contributed by atoms with Crippen LogP contribution in [0.5, 0.6) is 0 Å². The van der Waals surface area contributed by atoms with E-state index in [1.54, 1.807) is 0 Å². The van der Waals surface area contributed by atoms with E-state index >= 15 is 0 Å². The van der Waals surface area contributed by atoms with Crippen molar-refractivity contribution in [3.05, 3.63) is 65.2 Å². The lowest BCUT2D eigenvalue weighted by Crippen LogP contribution is -2.45. The predicted octanol–water partition coefficient (Wildman–Crippen LogP) is 2.30. The molecule has 3 aliphatic rings. The number of fused-ring (bicyclic) bond motifs is 2. The molecule has 0 radical (unpaired) electrons. The average Bonchev–Trinajstić information content (AvgIpc) is 2.98. The Morgan fingerprint density at radius 3 is 2.00 bits per heavy atom. The number of rotatable bonds is 6. The number of piperidine rings is 1. The second-order valence-corrected chi connectivity index (χ2v) is 13.6. The Morgan fingerprint density at radius 2 is 1.51 bits per heavy atom. The monoisotopic (exact) mass is 522 g/mol. The molecule has 2 aliphatic carbocycles. The largest absolute Gasteiger partial charge is 0.388 e. The molecule has 0 spiro atoms. The number of nitrogens with one attached hydrogen (secondary N) is 1. The van der Waals surface area contributed by atoms with Gasteiger partial charge in [0.15, 0.2) is 0 Å². The molecule has 0 amide bonds. The van der Waals surface area contributed by atoms with Crippen LogP contribution in [0.3, 0.4) is 0 Å². The molecule has 0 aromatic heterocycles. The number of nitrogens with zero attached hydrogens (tertiary/aromatic N) is 1. The van der Waals surface area contributed by atoms with E-state index in [2.05, 4.69) is 46.9 Å². The van der Waals surface area contributed by atoms with Gasteiger partial charge in [-0.2, -0.15) is 8.42 Å². The third-order valence-electron chi connectivity index (χ3n) is 7.57. The van der Waals surface area contributed by atoms with Gasteiger partial charge in [0.05, 0.1) is 18.1 Å². The van der Waals surface area contributed by atoms with Crippen LogP contribution in [-0.2, 0) is 38.4 Å². The van der Waals surface area contributed by atoms with Gasteiger partial charge < -0.3 is 5.11 Å². The van der Waals surface area contributed by atoms with Crippen molar-refractivity contribution in [2.24, 2.45) is 11.8 Å². The van der Waals surface area contributed by atoms with E-state index in [0.717, 1.165) is 38.9 Å². The van der Waals surface area contributed by atoms with Gasteiger partial charge in [0.2, 0.25) is 10.0 Å². The fraction of sp³-hybridized carbons (Fsp3) is 0.520. The van der Waals surface area contributed by atoms with E-state index < -0.39 is 25.7 Å². The molecule has 2 unspecified atom stereocenters. The lowest BCUT2D eigenvalue weighted by molar-refractivity contribution is 0.0139. The number of hydrogen-bond donors (Lipinski definition) is 3. The number of likely N-dealkylation sites (tertiary alicyclic amines) is 1. The molecule has 8 nitrogen and oxygen atoms in total. The van der Waals surface area contributed by atoms with Gasteiger partial charge in [-0.15, -0.1) is 0 Å². The first-order chi connectivity index (χ1) is 16.2. The number of anilines is 1. The molecule has 1 heterocycles.